The van der Waals surface area contributed by atoms with E-state index in [1.165, 1.54) is 22.1 Å². The van der Waals surface area contributed by atoms with Gasteiger partial charge in [-0.15, -0.1) is 0 Å². The molecular formula is C12H15IN2OS. The Morgan fingerprint density at radius 2 is 2.18 bits per heavy atom. The topological polar surface area (TPSA) is 33.0 Å². The maximum atomic E-state index is 11.0. The lowest BCUT2D eigenvalue weighted by atomic mass is 10.3. The third-order valence-corrected chi connectivity index (χ3v) is 3.59. The van der Waals surface area contributed by atoms with Crippen LogP contribution < -0.4 is 33.9 Å². The van der Waals surface area contributed by atoms with Crippen LogP contribution in [0, 0.1) is 6.92 Å². The molecule has 0 bridgehead atoms. The smallest absolute Gasteiger partial charge is 0.235 e. The number of benzene rings is 1. The lowest BCUT2D eigenvalue weighted by molar-refractivity contribution is -0.669. The zero-order chi connectivity index (χ0) is 11.7. The molecule has 0 unspecified atom stereocenters. The van der Waals surface area contributed by atoms with Gasteiger partial charge in [-0.25, -0.2) is 0 Å². The number of aryl methyl sites for hydroxylation is 2. The van der Waals surface area contributed by atoms with Crippen molar-refractivity contribution in [1.82, 2.24) is 0 Å². The van der Waals surface area contributed by atoms with Gasteiger partial charge in [0.25, 0.3) is 0 Å². The Hall–Kier alpha value is -0.690. The molecule has 92 valence electrons. The summed E-state index contributed by atoms with van der Waals surface area (Å²) in [6.45, 7) is 6.76. The first-order valence-corrected chi connectivity index (χ1v) is 6.14. The molecule has 0 atom stereocenters. The lowest BCUT2D eigenvalue weighted by Crippen LogP contribution is -3.00. The fourth-order valence-corrected chi connectivity index (χ4v) is 3.00. The van der Waals surface area contributed by atoms with E-state index in [1.807, 2.05) is 12.1 Å². The predicted octanol–water partition coefficient (Wildman–Crippen LogP) is -0.520. The summed E-state index contributed by atoms with van der Waals surface area (Å²) in [7, 11) is 0. The molecule has 1 heterocycles. The van der Waals surface area contributed by atoms with Crippen LogP contribution in [0.3, 0.4) is 0 Å². The predicted molar refractivity (Wildman–Crippen MR) is 66.7 cm³/mol. The van der Waals surface area contributed by atoms with Crippen LogP contribution in [0.15, 0.2) is 18.2 Å². The van der Waals surface area contributed by atoms with E-state index in [0.717, 1.165) is 12.2 Å². The third-order valence-electron chi connectivity index (χ3n) is 2.52. The number of hydrogen-bond acceptors (Lipinski definition) is 2. The van der Waals surface area contributed by atoms with Gasteiger partial charge >= 0.3 is 0 Å². The Labute approximate surface area is 122 Å². The zero-order valence-electron chi connectivity index (χ0n) is 10.1. The fraction of sp³-hybridized carbons (Fsp3) is 0.333. The number of anilines is 1. The van der Waals surface area contributed by atoms with Crippen molar-refractivity contribution in [3.05, 3.63) is 23.2 Å². The first-order chi connectivity index (χ1) is 7.61. The van der Waals surface area contributed by atoms with Crippen molar-refractivity contribution in [2.24, 2.45) is 0 Å². The first-order valence-electron chi connectivity index (χ1n) is 5.32. The average molecular weight is 362 g/mol. The molecule has 2 aromatic rings. The highest BCUT2D eigenvalue weighted by Gasteiger charge is 2.15. The van der Waals surface area contributed by atoms with Crippen LogP contribution in [0.4, 0.5) is 5.69 Å². The van der Waals surface area contributed by atoms with Gasteiger partial charge in [0, 0.05) is 25.6 Å². The van der Waals surface area contributed by atoms with Crippen molar-refractivity contribution in [3.8, 4) is 0 Å². The summed E-state index contributed by atoms with van der Waals surface area (Å²) in [5.41, 5.74) is 2.10. The summed E-state index contributed by atoms with van der Waals surface area (Å²) in [4.78, 5) is 11.0. The lowest BCUT2D eigenvalue weighted by Gasteiger charge is -1.99. The van der Waals surface area contributed by atoms with Crippen LogP contribution in [0.2, 0.25) is 0 Å². The molecule has 2 rings (SSSR count). The number of carbonyl (C=O) groups excluding carboxylic acids is 1. The normalized spacial score (nSPS) is 10.1. The van der Waals surface area contributed by atoms with Crippen molar-refractivity contribution in [1.29, 1.82) is 0 Å². The monoisotopic (exact) mass is 362 g/mol. The number of halogens is 1. The summed E-state index contributed by atoms with van der Waals surface area (Å²) < 4.78 is 3.49. The number of carbonyl (C=O) groups is 1. The molecule has 0 aliphatic heterocycles. The number of amides is 1. The summed E-state index contributed by atoms with van der Waals surface area (Å²) in [5.74, 6) is -0.0315. The quantitative estimate of drug-likeness (QED) is 0.566. The van der Waals surface area contributed by atoms with E-state index < -0.39 is 0 Å². The summed E-state index contributed by atoms with van der Waals surface area (Å²) in [6.07, 6.45) is 0. The molecule has 0 spiro atoms. The second kappa shape index (κ2) is 5.77. The highest BCUT2D eigenvalue weighted by Crippen LogP contribution is 2.23. The zero-order valence-corrected chi connectivity index (χ0v) is 13.1. The Balaban J connectivity index is 0.00000144. The Morgan fingerprint density at radius 1 is 1.47 bits per heavy atom. The van der Waals surface area contributed by atoms with Crippen molar-refractivity contribution in [3.63, 3.8) is 0 Å². The number of fused-ring (bicyclic) bond motifs is 1. The van der Waals surface area contributed by atoms with E-state index in [9.17, 15) is 4.79 Å². The van der Waals surface area contributed by atoms with Crippen molar-refractivity contribution >= 4 is 33.1 Å². The highest BCUT2D eigenvalue weighted by molar-refractivity contribution is 7.18. The maximum absolute atomic E-state index is 11.0. The van der Waals surface area contributed by atoms with Crippen molar-refractivity contribution in [2.75, 3.05) is 5.32 Å². The molecule has 3 nitrogen and oxygen atoms in total. The van der Waals surface area contributed by atoms with Crippen LogP contribution >= 0.6 is 11.3 Å². The summed E-state index contributed by atoms with van der Waals surface area (Å²) in [5, 5.41) is 4.09. The molecule has 1 N–H and O–H groups in total. The number of aromatic nitrogens is 1. The number of hydrogen-bond donors (Lipinski definition) is 1. The van der Waals surface area contributed by atoms with Gasteiger partial charge in [-0.3, -0.25) is 4.79 Å². The molecule has 0 aliphatic rings. The molecule has 1 aromatic heterocycles. The van der Waals surface area contributed by atoms with Gasteiger partial charge in [-0.1, -0.05) is 11.3 Å². The fourth-order valence-electron chi connectivity index (χ4n) is 1.88. The highest BCUT2D eigenvalue weighted by atomic mass is 127. The van der Waals surface area contributed by atoms with E-state index in [4.69, 9.17) is 0 Å². The number of nitrogens with zero attached hydrogens (tertiary/aromatic N) is 1. The van der Waals surface area contributed by atoms with Gasteiger partial charge < -0.3 is 29.3 Å². The number of nitrogens with one attached hydrogen (secondary N) is 1. The molecule has 0 fully saturated rings. The summed E-state index contributed by atoms with van der Waals surface area (Å²) >= 11 is 1.76. The summed E-state index contributed by atoms with van der Waals surface area (Å²) in [6, 6.07) is 6.04. The minimum Gasteiger partial charge on any atom is -1.00 e. The average Bonchev–Trinajstić information content (AvgIpc) is 2.51. The van der Waals surface area contributed by atoms with E-state index in [1.54, 1.807) is 11.3 Å². The van der Waals surface area contributed by atoms with E-state index in [-0.39, 0.29) is 29.9 Å². The van der Waals surface area contributed by atoms with Gasteiger partial charge in [0.1, 0.15) is 11.2 Å². The molecule has 1 aromatic carbocycles. The molecule has 1 amide bonds. The largest absolute Gasteiger partial charge is 1.00 e. The van der Waals surface area contributed by atoms with Gasteiger partial charge in [0.05, 0.1) is 0 Å². The second-order valence-electron chi connectivity index (χ2n) is 3.73. The molecule has 5 heteroatoms. The molecule has 0 saturated carbocycles. The van der Waals surface area contributed by atoms with Gasteiger partial charge in [0.15, 0.2) is 0 Å². The minimum absolute atomic E-state index is 0. The Morgan fingerprint density at radius 3 is 2.76 bits per heavy atom. The van der Waals surface area contributed by atoms with Crippen LogP contribution in [0.1, 0.15) is 18.9 Å². The molecule has 0 saturated heterocycles. The van der Waals surface area contributed by atoms with Crippen molar-refractivity contribution in [2.45, 2.75) is 27.3 Å². The molecule has 0 radical (unpaired) electrons. The van der Waals surface area contributed by atoms with E-state index in [0.29, 0.717) is 0 Å². The number of rotatable bonds is 2. The molecule has 0 aliphatic carbocycles. The first kappa shape index (κ1) is 14.4. The molecular weight excluding hydrogens is 347 g/mol. The van der Waals surface area contributed by atoms with Gasteiger partial charge in [-0.05, 0) is 19.1 Å². The van der Waals surface area contributed by atoms with Gasteiger partial charge in [-0.2, -0.15) is 4.57 Å². The van der Waals surface area contributed by atoms with Crippen LogP contribution in [0.25, 0.3) is 10.2 Å². The van der Waals surface area contributed by atoms with E-state index in [2.05, 4.69) is 29.8 Å². The SMILES string of the molecule is CC[n+]1c(C)sc2cc(NC(C)=O)ccc21.[I-]. The Bertz CT molecular complexity index is 551. The van der Waals surface area contributed by atoms with Crippen LogP contribution in [-0.4, -0.2) is 5.91 Å². The van der Waals surface area contributed by atoms with Crippen LogP contribution in [0.5, 0.6) is 0 Å². The van der Waals surface area contributed by atoms with Gasteiger partial charge in [0.2, 0.25) is 16.4 Å². The minimum atomic E-state index is -0.0315. The second-order valence-corrected chi connectivity index (χ2v) is 4.96. The molecule has 17 heavy (non-hydrogen) atoms. The van der Waals surface area contributed by atoms with E-state index >= 15 is 0 Å². The van der Waals surface area contributed by atoms with Crippen molar-refractivity contribution < 1.29 is 33.3 Å². The number of thiazole rings is 1. The third kappa shape index (κ3) is 2.95. The maximum Gasteiger partial charge on any atom is 0.235 e. The standard InChI is InChI=1S/C12H14N2OS.HI/c1-4-14-9(3)16-12-7-10(13-8(2)15)5-6-11(12)14;/h5-7H,4H2,1-3H3;1H. The van der Waals surface area contributed by atoms with Crippen LogP contribution in [-0.2, 0) is 11.3 Å². The Kier molecular flexibility index (Phi) is 4.88.